The molecule has 0 unspecified atom stereocenters. The number of esters is 1. The fourth-order valence-electron chi connectivity index (χ4n) is 2.67. The quantitative estimate of drug-likeness (QED) is 0.737. The molecular formula is C23H30O6. The van der Waals surface area contributed by atoms with Crippen molar-refractivity contribution in [2.45, 2.75) is 46.6 Å². The number of carboxylic acids is 1. The predicted octanol–water partition coefficient (Wildman–Crippen LogP) is 4.59. The SMILES string of the molecule is COc1cccc(C(=O)O)c1C.COc1cccc(CC(=O)OC(C)(C)C)c1C. The van der Waals surface area contributed by atoms with E-state index in [0.717, 1.165) is 16.9 Å². The van der Waals surface area contributed by atoms with Gasteiger partial charge in [0.2, 0.25) is 0 Å². The molecule has 0 amide bonds. The number of benzene rings is 2. The topological polar surface area (TPSA) is 82.1 Å². The molecule has 0 atom stereocenters. The lowest BCUT2D eigenvalue weighted by Crippen LogP contribution is -2.25. The van der Waals surface area contributed by atoms with Crippen LogP contribution in [0.2, 0.25) is 0 Å². The van der Waals surface area contributed by atoms with E-state index in [1.165, 1.54) is 7.11 Å². The van der Waals surface area contributed by atoms with Gasteiger partial charge < -0.3 is 19.3 Å². The lowest BCUT2D eigenvalue weighted by atomic mass is 10.0. The number of hydrogen-bond acceptors (Lipinski definition) is 5. The molecule has 0 bridgehead atoms. The number of carbonyl (C=O) groups excluding carboxylic acids is 1. The van der Waals surface area contributed by atoms with E-state index in [-0.39, 0.29) is 18.0 Å². The molecule has 1 N–H and O–H groups in total. The van der Waals surface area contributed by atoms with Crippen molar-refractivity contribution in [2.24, 2.45) is 0 Å². The second-order valence-electron chi connectivity index (χ2n) is 7.45. The van der Waals surface area contributed by atoms with Crippen LogP contribution in [0.5, 0.6) is 11.5 Å². The van der Waals surface area contributed by atoms with Crippen LogP contribution in [-0.2, 0) is 16.0 Å². The number of ether oxygens (including phenoxy) is 3. The molecule has 0 spiro atoms. The average Bonchev–Trinajstić information content (AvgIpc) is 2.62. The largest absolute Gasteiger partial charge is 0.496 e. The van der Waals surface area contributed by atoms with Gasteiger partial charge in [0.1, 0.15) is 17.1 Å². The molecule has 0 saturated carbocycles. The van der Waals surface area contributed by atoms with Crippen molar-refractivity contribution in [2.75, 3.05) is 14.2 Å². The van der Waals surface area contributed by atoms with E-state index in [9.17, 15) is 9.59 Å². The molecule has 2 rings (SSSR count). The number of hydrogen-bond donors (Lipinski definition) is 1. The Labute approximate surface area is 172 Å². The monoisotopic (exact) mass is 402 g/mol. The summed E-state index contributed by atoms with van der Waals surface area (Å²) in [6.07, 6.45) is 0.278. The van der Waals surface area contributed by atoms with Crippen molar-refractivity contribution in [3.8, 4) is 11.5 Å². The van der Waals surface area contributed by atoms with Gasteiger partial charge in [-0.15, -0.1) is 0 Å². The van der Waals surface area contributed by atoms with E-state index < -0.39 is 11.6 Å². The Morgan fingerprint density at radius 1 is 0.897 bits per heavy atom. The second kappa shape index (κ2) is 10.5. The van der Waals surface area contributed by atoms with Gasteiger partial charge in [0.15, 0.2) is 0 Å². The van der Waals surface area contributed by atoms with Gasteiger partial charge in [0, 0.05) is 5.56 Å². The summed E-state index contributed by atoms with van der Waals surface area (Å²) in [5, 5.41) is 8.73. The molecule has 0 aliphatic carbocycles. The van der Waals surface area contributed by atoms with Crippen LogP contribution in [0.25, 0.3) is 0 Å². The summed E-state index contributed by atoms with van der Waals surface area (Å²) >= 11 is 0. The Bertz CT molecular complexity index is 849. The highest BCUT2D eigenvalue weighted by Crippen LogP contribution is 2.22. The van der Waals surface area contributed by atoms with Crippen LogP contribution in [0.1, 0.15) is 47.8 Å². The van der Waals surface area contributed by atoms with Gasteiger partial charge in [-0.1, -0.05) is 18.2 Å². The summed E-state index contributed by atoms with van der Waals surface area (Å²) in [5.74, 6) is 0.265. The van der Waals surface area contributed by atoms with Crippen molar-refractivity contribution in [3.05, 3.63) is 58.7 Å². The van der Waals surface area contributed by atoms with Crippen LogP contribution in [0.4, 0.5) is 0 Å². The molecule has 0 fully saturated rings. The Balaban J connectivity index is 0.000000308. The van der Waals surface area contributed by atoms with Crippen LogP contribution in [0, 0.1) is 13.8 Å². The van der Waals surface area contributed by atoms with E-state index in [1.54, 1.807) is 32.2 Å². The van der Waals surface area contributed by atoms with Crippen LogP contribution in [-0.4, -0.2) is 36.9 Å². The van der Waals surface area contributed by atoms with Crippen molar-refractivity contribution in [1.82, 2.24) is 0 Å². The van der Waals surface area contributed by atoms with E-state index in [2.05, 4.69) is 0 Å². The minimum atomic E-state index is -0.925. The molecule has 0 saturated heterocycles. The molecule has 0 radical (unpaired) electrons. The number of aromatic carboxylic acids is 1. The smallest absolute Gasteiger partial charge is 0.336 e. The van der Waals surface area contributed by atoms with Crippen molar-refractivity contribution >= 4 is 11.9 Å². The lowest BCUT2D eigenvalue weighted by molar-refractivity contribution is -0.153. The van der Waals surface area contributed by atoms with Gasteiger partial charge in [0.25, 0.3) is 0 Å². The molecule has 0 aliphatic rings. The Kier molecular flexibility index (Phi) is 8.70. The van der Waals surface area contributed by atoms with Gasteiger partial charge in [-0.2, -0.15) is 0 Å². The highest BCUT2D eigenvalue weighted by molar-refractivity contribution is 5.90. The fraction of sp³-hybridized carbons (Fsp3) is 0.391. The van der Waals surface area contributed by atoms with Gasteiger partial charge >= 0.3 is 11.9 Å². The molecule has 6 nitrogen and oxygen atoms in total. The standard InChI is InChI=1S/C14H20O3.C9H10O3/c1-10-11(7-6-8-12(10)16-5)9-13(15)17-14(2,3)4;1-6-7(9(10)11)4-3-5-8(6)12-2/h6-8H,9H2,1-5H3;3-5H,1-2H3,(H,10,11). The summed E-state index contributed by atoms with van der Waals surface area (Å²) in [6, 6.07) is 10.6. The first-order valence-corrected chi connectivity index (χ1v) is 9.21. The molecule has 0 aliphatic heterocycles. The molecule has 2 aromatic rings. The fourth-order valence-corrected chi connectivity index (χ4v) is 2.67. The lowest BCUT2D eigenvalue weighted by Gasteiger charge is -2.20. The van der Waals surface area contributed by atoms with Crippen molar-refractivity contribution in [3.63, 3.8) is 0 Å². The van der Waals surface area contributed by atoms with E-state index in [1.807, 2.05) is 45.9 Å². The van der Waals surface area contributed by atoms with Crippen molar-refractivity contribution in [1.29, 1.82) is 0 Å². The zero-order chi connectivity index (χ0) is 22.2. The molecule has 2 aromatic carbocycles. The van der Waals surface area contributed by atoms with E-state index >= 15 is 0 Å². The van der Waals surface area contributed by atoms with Gasteiger partial charge in [-0.25, -0.2) is 4.79 Å². The second-order valence-corrected chi connectivity index (χ2v) is 7.45. The molecule has 29 heavy (non-hydrogen) atoms. The minimum Gasteiger partial charge on any atom is -0.496 e. The summed E-state index contributed by atoms with van der Waals surface area (Å²) in [5.41, 5.74) is 2.44. The normalized spacial score (nSPS) is 10.4. The van der Waals surface area contributed by atoms with Crippen molar-refractivity contribution < 1.29 is 28.9 Å². The Morgan fingerprint density at radius 3 is 1.90 bits per heavy atom. The van der Waals surface area contributed by atoms with Gasteiger partial charge in [0.05, 0.1) is 26.2 Å². The molecule has 0 aromatic heterocycles. The highest BCUT2D eigenvalue weighted by atomic mass is 16.6. The van der Waals surface area contributed by atoms with E-state index in [4.69, 9.17) is 19.3 Å². The maximum absolute atomic E-state index is 11.7. The Morgan fingerprint density at radius 2 is 1.41 bits per heavy atom. The highest BCUT2D eigenvalue weighted by Gasteiger charge is 2.17. The third-order valence-corrected chi connectivity index (χ3v) is 4.11. The first-order valence-electron chi connectivity index (χ1n) is 9.21. The van der Waals surface area contributed by atoms with Crippen LogP contribution < -0.4 is 9.47 Å². The molecular weight excluding hydrogens is 372 g/mol. The zero-order valence-corrected chi connectivity index (χ0v) is 18.2. The third-order valence-electron chi connectivity index (χ3n) is 4.11. The number of carboxylic acid groups (broad SMARTS) is 1. The predicted molar refractivity (Wildman–Crippen MR) is 112 cm³/mol. The summed E-state index contributed by atoms with van der Waals surface area (Å²) in [6.45, 7) is 9.26. The molecule has 0 heterocycles. The first-order chi connectivity index (χ1) is 13.5. The van der Waals surface area contributed by atoms with Gasteiger partial charge in [-0.05, 0) is 63.9 Å². The number of rotatable bonds is 5. The van der Waals surface area contributed by atoms with Gasteiger partial charge in [-0.3, -0.25) is 4.79 Å². The number of methoxy groups -OCH3 is 2. The van der Waals surface area contributed by atoms with Crippen LogP contribution >= 0.6 is 0 Å². The molecule has 6 heteroatoms. The Hall–Kier alpha value is -3.02. The van der Waals surface area contributed by atoms with E-state index in [0.29, 0.717) is 11.3 Å². The van der Waals surface area contributed by atoms with Crippen LogP contribution in [0.15, 0.2) is 36.4 Å². The zero-order valence-electron chi connectivity index (χ0n) is 18.2. The maximum atomic E-state index is 11.7. The third kappa shape index (κ3) is 7.49. The molecule has 158 valence electrons. The maximum Gasteiger partial charge on any atom is 0.336 e. The van der Waals surface area contributed by atoms with Crippen LogP contribution in [0.3, 0.4) is 0 Å². The summed E-state index contributed by atoms with van der Waals surface area (Å²) in [7, 11) is 3.15. The first kappa shape index (κ1) is 24.0. The summed E-state index contributed by atoms with van der Waals surface area (Å²) < 4.78 is 15.5. The minimum absolute atomic E-state index is 0.214. The average molecular weight is 402 g/mol. The summed E-state index contributed by atoms with van der Waals surface area (Å²) in [4.78, 5) is 22.4. The number of carbonyl (C=O) groups is 2.